The van der Waals surface area contributed by atoms with E-state index in [2.05, 4.69) is 43.1 Å². The van der Waals surface area contributed by atoms with Crippen molar-refractivity contribution in [1.82, 2.24) is 24.9 Å². The maximum atomic E-state index is 5.83. The second kappa shape index (κ2) is 5.99. The summed E-state index contributed by atoms with van der Waals surface area (Å²) < 4.78 is 7.61. The van der Waals surface area contributed by atoms with Crippen LogP contribution < -0.4 is 10.1 Å². The summed E-state index contributed by atoms with van der Waals surface area (Å²) in [7, 11) is 0. The van der Waals surface area contributed by atoms with Crippen molar-refractivity contribution in [3.05, 3.63) is 52.9 Å². The first-order valence-electron chi connectivity index (χ1n) is 9.46. The Morgan fingerprint density at radius 3 is 2.75 bits per heavy atom. The number of benzene rings is 1. The van der Waals surface area contributed by atoms with Gasteiger partial charge in [0.25, 0.3) is 0 Å². The van der Waals surface area contributed by atoms with Crippen LogP contribution in [0.3, 0.4) is 0 Å². The van der Waals surface area contributed by atoms with E-state index in [1.54, 1.807) is 22.2 Å². The number of thiophene rings is 1. The van der Waals surface area contributed by atoms with Gasteiger partial charge in [-0.3, -0.25) is 0 Å². The standard InChI is InChI=1S/C21H23N5OS/c1-20(2)10-14-16-18-23-15(11-27-13-8-6-5-7-9-13)24-26(18)12-22-19(16)28-17(14)21(3,4)25-20/h5-9,12,25H,10-11H2,1-4H3. The van der Waals surface area contributed by atoms with Crippen LogP contribution in [0.1, 0.15) is 44.0 Å². The van der Waals surface area contributed by atoms with Crippen LogP contribution in [-0.4, -0.2) is 25.1 Å². The molecule has 0 aliphatic carbocycles. The number of nitrogens with zero attached hydrogens (tertiary/aromatic N) is 4. The summed E-state index contributed by atoms with van der Waals surface area (Å²) in [5.74, 6) is 1.47. The lowest BCUT2D eigenvalue weighted by molar-refractivity contribution is 0.248. The zero-order valence-electron chi connectivity index (χ0n) is 16.5. The minimum absolute atomic E-state index is 0.0105. The second-order valence-corrected chi connectivity index (χ2v) is 9.54. The molecule has 7 heteroatoms. The maximum Gasteiger partial charge on any atom is 0.189 e. The van der Waals surface area contributed by atoms with Gasteiger partial charge in [-0.1, -0.05) is 18.2 Å². The molecule has 0 amide bonds. The van der Waals surface area contributed by atoms with Crippen molar-refractivity contribution in [3.63, 3.8) is 0 Å². The Labute approximate surface area is 167 Å². The van der Waals surface area contributed by atoms with E-state index >= 15 is 0 Å². The van der Waals surface area contributed by atoms with Crippen molar-refractivity contribution in [1.29, 1.82) is 0 Å². The van der Waals surface area contributed by atoms with E-state index in [-0.39, 0.29) is 11.1 Å². The Hall–Kier alpha value is -2.51. The number of nitrogens with one attached hydrogen (secondary N) is 1. The van der Waals surface area contributed by atoms with Crippen molar-refractivity contribution < 1.29 is 4.74 Å². The van der Waals surface area contributed by atoms with Gasteiger partial charge in [0.2, 0.25) is 0 Å². The van der Waals surface area contributed by atoms with Crippen LogP contribution >= 0.6 is 11.3 Å². The summed E-state index contributed by atoms with van der Waals surface area (Å²) in [5.41, 5.74) is 2.12. The molecule has 1 aliphatic heterocycles. The first-order chi connectivity index (χ1) is 13.3. The number of ether oxygens (including phenoxy) is 1. The van der Waals surface area contributed by atoms with Crippen LogP contribution in [0.15, 0.2) is 36.7 Å². The largest absolute Gasteiger partial charge is 0.486 e. The minimum Gasteiger partial charge on any atom is -0.486 e. The molecule has 1 N–H and O–H groups in total. The van der Waals surface area contributed by atoms with Gasteiger partial charge in [0.05, 0.1) is 5.39 Å². The molecule has 0 fully saturated rings. The molecule has 4 heterocycles. The molecule has 6 nitrogen and oxygen atoms in total. The van der Waals surface area contributed by atoms with Gasteiger partial charge in [-0.05, 0) is 51.8 Å². The highest BCUT2D eigenvalue weighted by atomic mass is 32.1. The van der Waals surface area contributed by atoms with Gasteiger partial charge in [-0.15, -0.1) is 16.4 Å². The van der Waals surface area contributed by atoms with Crippen LogP contribution in [-0.2, 0) is 18.6 Å². The van der Waals surface area contributed by atoms with E-state index in [9.17, 15) is 0 Å². The second-order valence-electron chi connectivity index (χ2n) is 8.54. The molecule has 1 aromatic carbocycles. The summed E-state index contributed by atoms with van der Waals surface area (Å²) in [6, 6.07) is 9.74. The first kappa shape index (κ1) is 17.6. The number of fused-ring (bicyclic) bond motifs is 5. The minimum atomic E-state index is -0.0985. The van der Waals surface area contributed by atoms with Crippen molar-refractivity contribution in [3.8, 4) is 5.75 Å². The molecule has 144 valence electrons. The molecule has 5 rings (SSSR count). The molecule has 0 saturated heterocycles. The van der Waals surface area contributed by atoms with Gasteiger partial charge in [-0.2, -0.15) is 0 Å². The van der Waals surface area contributed by atoms with Crippen LogP contribution in [0.2, 0.25) is 0 Å². The van der Waals surface area contributed by atoms with Gasteiger partial charge in [-0.25, -0.2) is 14.5 Å². The number of para-hydroxylation sites is 1. The molecule has 0 saturated carbocycles. The van der Waals surface area contributed by atoms with Crippen molar-refractivity contribution >= 4 is 27.2 Å². The normalized spacial score (nSPS) is 17.7. The average Bonchev–Trinajstić information content (AvgIpc) is 3.20. The molecule has 3 aromatic heterocycles. The topological polar surface area (TPSA) is 64.3 Å². The van der Waals surface area contributed by atoms with Crippen LogP contribution in [0.5, 0.6) is 5.75 Å². The first-order valence-corrected chi connectivity index (χ1v) is 10.3. The summed E-state index contributed by atoms with van der Waals surface area (Å²) in [6.45, 7) is 9.30. The predicted octanol–water partition coefficient (Wildman–Crippen LogP) is 4.08. The monoisotopic (exact) mass is 393 g/mol. The quantitative estimate of drug-likeness (QED) is 0.568. The van der Waals surface area contributed by atoms with E-state index in [1.807, 2.05) is 30.3 Å². The van der Waals surface area contributed by atoms with E-state index in [0.29, 0.717) is 12.4 Å². The number of rotatable bonds is 3. The average molecular weight is 394 g/mol. The van der Waals surface area contributed by atoms with Crippen LogP contribution in [0, 0.1) is 0 Å². The molecule has 0 radical (unpaired) electrons. The molecule has 4 aromatic rings. The molecule has 0 unspecified atom stereocenters. The van der Waals surface area contributed by atoms with E-state index in [4.69, 9.17) is 9.72 Å². The number of hydrogen-bond donors (Lipinski definition) is 1. The van der Waals surface area contributed by atoms with Gasteiger partial charge >= 0.3 is 0 Å². The smallest absolute Gasteiger partial charge is 0.189 e. The SMILES string of the molecule is CC1(C)Cc2c(sc3ncn4nc(COc5ccccc5)nc4c23)C(C)(C)N1. The third kappa shape index (κ3) is 2.86. The number of hydrogen-bond acceptors (Lipinski definition) is 6. The van der Waals surface area contributed by atoms with Crippen molar-refractivity contribution in [2.75, 3.05) is 0 Å². The van der Waals surface area contributed by atoms with Crippen molar-refractivity contribution in [2.45, 2.75) is 51.8 Å². The van der Waals surface area contributed by atoms with Gasteiger partial charge in [0, 0.05) is 16.0 Å². The maximum absolute atomic E-state index is 5.83. The van der Waals surface area contributed by atoms with Gasteiger partial charge in [0.1, 0.15) is 23.5 Å². The summed E-state index contributed by atoms with van der Waals surface area (Å²) >= 11 is 1.76. The third-order valence-corrected chi connectivity index (χ3v) is 6.58. The van der Waals surface area contributed by atoms with Gasteiger partial charge < -0.3 is 10.1 Å². The highest BCUT2D eigenvalue weighted by molar-refractivity contribution is 7.19. The molecule has 1 aliphatic rings. The fourth-order valence-corrected chi connectivity index (χ4v) is 5.50. The molecule has 28 heavy (non-hydrogen) atoms. The lowest BCUT2D eigenvalue weighted by Crippen LogP contribution is -2.54. The zero-order valence-corrected chi connectivity index (χ0v) is 17.3. The number of aromatic nitrogens is 4. The third-order valence-electron chi connectivity index (χ3n) is 5.12. The highest BCUT2D eigenvalue weighted by Gasteiger charge is 2.39. The molecule has 0 atom stereocenters. The fourth-order valence-electron chi connectivity index (χ4n) is 4.29. The zero-order chi connectivity index (χ0) is 19.5. The van der Waals surface area contributed by atoms with E-state index in [1.165, 1.54) is 10.4 Å². The summed E-state index contributed by atoms with van der Waals surface area (Å²) in [6.07, 6.45) is 2.69. The van der Waals surface area contributed by atoms with Crippen LogP contribution in [0.25, 0.3) is 15.9 Å². The predicted molar refractivity (Wildman–Crippen MR) is 111 cm³/mol. The Morgan fingerprint density at radius 2 is 1.96 bits per heavy atom. The van der Waals surface area contributed by atoms with Gasteiger partial charge in [0.15, 0.2) is 11.5 Å². The summed E-state index contributed by atoms with van der Waals surface area (Å²) in [5, 5.41) is 9.48. The highest BCUT2D eigenvalue weighted by Crippen LogP contribution is 2.44. The Kier molecular flexibility index (Phi) is 3.76. The lowest BCUT2D eigenvalue weighted by Gasteiger charge is -2.42. The van der Waals surface area contributed by atoms with Crippen molar-refractivity contribution in [2.24, 2.45) is 0 Å². The molecular weight excluding hydrogens is 370 g/mol. The Balaban J connectivity index is 1.60. The fraction of sp³-hybridized carbons (Fsp3) is 0.381. The summed E-state index contributed by atoms with van der Waals surface area (Å²) in [4.78, 5) is 11.8. The van der Waals surface area contributed by atoms with E-state index in [0.717, 1.165) is 28.0 Å². The van der Waals surface area contributed by atoms with Crippen LogP contribution in [0.4, 0.5) is 0 Å². The molecule has 0 bridgehead atoms. The Bertz CT molecular complexity index is 1180. The Morgan fingerprint density at radius 1 is 1.18 bits per heavy atom. The molecule has 0 spiro atoms. The molecular formula is C21H23N5OS. The van der Waals surface area contributed by atoms with E-state index < -0.39 is 0 Å². The lowest BCUT2D eigenvalue weighted by atomic mass is 9.82.